The van der Waals surface area contributed by atoms with Gasteiger partial charge in [0.25, 0.3) is 5.91 Å². The van der Waals surface area contributed by atoms with Gasteiger partial charge < -0.3 is 10.4 Å². The zero-order valence-electron chi connectivity index (χ0n) is 10.7. The minimum absolute atomic E-state index is 0.0620. The summed E-state index contributed by atoms with van der Waals surface area (Å²) in [6.45, 7) is 1.67. The maximum Gasteiger partial charge on any atom is 0.293 e. The molecule has 2 N–H and O–H groups in total. The first-order chi connectivity index (χ1) is 9.47. The highest BCUT2D eigenvalue weighted by Crippen LogP contribution is 2.22. The van der Waals surface area contributed by atoms with Gasteiger partial charge in [-0.3, -0.25) is 4.79 Å². The lowest BCUT2D eigenvalue weighted by molar-refractivity contribution is -0.705. The van der Waals surface area contributed by atoms with E-state index in [0.29, 0.717) is 5.69 Å². The number of aromatic hydroxyl groups is 1. The van der Waals surface area contributed by atoms with Crippen molar-refractivity contribution in [2.45, 2.75) is 13.0 Å². The zero-order chi connectivity index (χ0) is 14.7. The van der Waals surface area contributed by atoms with E-state index in [1.165, 1.54) is 24.4 Å². The van der Waals surface area contributed by atoms with Gasteiger partial charge in [0.05, 0.1) is 10.7 Å². The van der Waals surface area contributed by atoms with Crippen LogP contribution in [0.4, 0.5) is 10.1 Å². The van der Waals surface area contributed by atoms with Crippen LogP contribution in [0.25, 0.3) is 0 Å². The summed E-state index contributed by atoms with van der Waals surface area (Å²) < 4.78 is 14.5. The second-order valence-electron chi connectivity index (χ2n) is 4.30. The molecule has 4 nitrogen and oxygen atoms in total. The number of rotatable bonds is 3. The molecule has 6 heteroatoms. The summed E-state index contributed by atoms with van der Waals surface area (Å²) in [6.07, 6.45) is 3.10. The third-order valence-electron chi connectivity index (χ3n) is 2.82. The number of carbonyl (C=O) groups excluding carboxylic acids is 1. The molecule has 1 aromatic carbocycles. The van der Waals surface area contributed by atoms with Gasteiger partial charge in [0, 0.05) is 13.0 Å². The van der Waals surface area contributed by atoms with Crippen LogP contribution in [0.1, 0.15) is 13.0 Å². The molecule has 2 aromatic rings. The SMILES string of the molecule is C[C@@H](C(=O)Nc1ccc(F)cc1Cl)[n+]1cccc(O)c1. The van der Waals surface area contributed by atoms with E-state index in [1.807, 2.05) is 0 Å². The third-order valence-corrected chi connectivity index (χ3v) is 3.13. The Bertz CT molecular complexity index is 649. The quantitative estimate of drug-likeness (QED) is 0.856. The molecule has 0 radical (unpaired) electrons. The molecule has 0 bridgehead atoms. The minimum atomic E-state index is -0.553. The Labute approximate surface area is 120 Å². The molecular weight excluding hydrogens is 283 g/mol. The van der Waals surface area contributed by atoms with Crippen molar-refractivity contribution in [1.29, 1.82) is 0 Å². The van der Waals surface area contributed by atoms with Gasteiger partial charge in [-0.05, 0) is 24.3 Å². The molecular formula is C14H13ClFN2O2+. The molecule has 104 valence electrons. The molecule has 1 amide bonds. The summed E-state index contributed by atoms with van der Waals surface area (Å²) in [6, 6.07) is 6.33. The third kappa shape index (κ3) is 3.24. The van der Waals surface area contributed by atoms with Gasteiger partial charge in [0.15, 0.2) is 11.9 Å². The van der Waals surface area contributed by atoms with Crippen LogP contribution in [-0.2, 0) is 4.79 Å². The van der Waals surface area contributed by atoms with Gasteiger partial charge in [-0.1, -0.05) is 11.6 Å². The number of nitrogens with zero attached hydrogens (tertiary/aromatic N) is 1. The highest BCUT2D eigenvalue weighted by atomic mass is 35.5. The van der Waals surface area contributed by atoms with Gasteiger partial charge in [0.1, 0.15) is 5.82 Å². The summed E-state index contributed by atoms with van der Waals surface area (Å²) in [5.74, 6) is -0.732. The number of anilines is 1. The van der Waals surface area contributed by atoms with Gasteiger partial charge >= 0.3 is 0 Å². The number of hydrogen-bond acceptors (Lipinski definition) is 2. The fraction of sp³-hybridized carbons (Fsp3) is 0.143. The van der Waals surface area contributed by atoms with Crippen molar-refractivity contribution >= 4 is 23.2 Å². The van der Waals surface area contributed by atoms with Gasteiger partial charge in [0.2, 0.25) is 12.2 Å². The Hall–Kier alpha value is -2.14. The molecule has 0 aliphatic rings. The average molecular weight is 296 g/mol. The second kappa shape index (κ2) is 5.88. The second-order valence-corrected chi connectivity index (χ2v) is 4.71. The number of benzene rings is 1. The van der Waals surface area contributed by atoms with Crippen molar-refractivity contribution in [3.05, 3.63) is 53.6 Å². The highest BCUT2D eigenvalue weighted by Gasteiger charge is 2.23. The highest BCUT2D eigenvalue weighted by molar-refractivity contribution is 6.33. The summed E-state index contributed by atoms with van der Waals surface area (Å²) in [5.41, 5.74) is 0.339. The van der Waals surface area contributed by atoms with Crippen molar-refractivity contribution in [3.8, 4) is 5.75 Å². The van der Waals surface area contributed by atoms with Crippen molar-refractivity contribution < 1.29 is 18.9 Å². The Morgan fingerprint density at radius 3 is 2.85 bits per heavy atom. The number of nitrogens with one attached hydrogen (secondary N) is 1. The van der Waals surface area contributed by atoms with Gasteiger partial charge in [-0.2, -0.15) is 4.57 Å². The minimum Gasteiger partial charge on any atom is -0.503 e. The van der Waals surface area contributed by atoms with Crippen molar-refractivity contribution in [1.82, 2.24) is 0 Å². The molecule has 1 atom stereocenters. The summed E-state index contributed by atoms with van der Waals surface area (Å²) in [7, 11) is 0. The largest absolute Gasteiger partial charge is 0.503 e. The Morgan fingerprint density at radius 1 is 1.45 bits per heavy atom. The molecule has 0 aliphatic carbocycles. The molecule has 0 spiro atoms. The maximum atomic E-state index is 12.9. The van der Waals surface area contributed by atoms with E-state index in [1.54, 1.807) is 23.8 Å². The molecule has 2 rings (SSSR count). The van der Waals surface area contributed by atoms with Crippen LogP contribution in [0, 0.1) is 5.82 Å². The Kier molecular flexibility index (Phi) is 4.20. The summed E-state index contributed by atoms with van der Waals surface area (Å²) >= 11 is 5.85. The average Bonchev–Trinajstić information content (AvgIpc) is 2.41. The van der Waals surface area contributed by atoms with E-state index < -0.39 is 11.9 Å². The number of halogens is 2. The molecule has 0 unspecified atom stereocenters. The standard InChI is InChI=1S/C14H12ClFN2O2/c1-9(18-6-2-3-11(19)8-18)14(20)17-13-5-4-10(16)7-12(13)15/h2-9H,1H3,(H-,17,19,20)/p+1/t9-/m0/s1. The van der Waals surface area contributed by atoms with Gasteiger partial charge in [-0.25, -0.2) is 4.39 Å². The van der Waals surface area contributed by atoms with Crippen LogP contribution in [0.3, 0.4) is 0 Å². The molecule has 0 saturated carbocycles. The normalized spacial score (nSPS) is 11.9. The smallest absolute Gasteiger partial charge is 0.293 e. The van der Waals surface area contributed by atoms with E-state index in [2.05, 4.69) is 5.32 Å². The van der Waals surface area contributed by atoms with E-state index in [-0.39, 0.29) is 16.7 Å². The fourth-order valence-electron chi connectivity index (χ4n) is 1.68. The van der Waals surface area contributed by atoms with Crippen LogP contribution in [0.15, 0.2) is 42.7 Å². The first-order valence-electron chi connectivity index (χ1n) is 5.93. The van der Waals surface area contributed by atoms with E-state index >= 15 is 0 Å². The molecule has 0 saturated heterocycles. The zero-order valence-corrected chi connectivity index (χ0v) is 11.4. The van der Waals surface area contributed by atoms with Crippen LogP contribution in [0.5, 0.6) is 5.75 Å². The number of amides is 1. The van der Waals surface area contributed by atoms with E-state index in [4.69, 9.17) is 11.6 Å². The molecule has 0 fully saturated rings. The molecule has 1 heterocycles. The number of pyridine rings is 1. The number of aromatic nitrogens is 1. The Morgan fingerprint density at radius 2 is 2.20 bits per heavy atom. The fourth-order valence-corrected chi connectivity index (χ4v) is 1.90. The predicted octanol–water partition coefficient (Wildman–Crippen LogP) is 2.67. The Balaban J connectivity index is 2.15. The molecule has 0 aliphatic heterocycles. The molecule has 1 aromatic heterocycles. The number of carbonyl (C=O) groups is 1. The lowest BCUT2D eigenvalue weighted by atomic mass is 10.2. The summed E-state index contributed by atoms with van der Waals surface area (Å²) in [4.78, 5) is 12.1. The number of hydrogen-bond donors (Lipinski definition) is 2. The van der Waals surface area contributed by atoms with Crippen molar-refractivity contribution in [3.63, 3.8) is 0 Å². The topological polar surface area (TPSA) is 53.2 Å². The maximum absolute atomic E-state index is 12.9. The van der Waals surface area contributed by atoms with Crippen LogP contribution >= 0.6 is 11.6 Å². The van der Waals surface area contributed by atoms with E-state index in [9.17, 15) is 14.3 Å². The lowest BCUT2D eigenvalue weighted by Crippen LogP contribution is -2.43. The van der Waals surface area contributed by atoms with Crippen LogP contribution in [0.2, 0.25) is 5.02 Å². The van der Waals surface area contributed by atoms with Crippen molar-refractivity contribution in [2.24, 2.45) is 0 Å². The van der Waals surface area contributed by atoms with Crippen LogP contribution in [-0.4, -0.2) is 11.0 Å². The van der Waals surface area contributed by atoms with E-state index in [0.717, 1.165) is 6.07 Å². The summed E-state index contributed by atoms with van der Waals surface area (Å²) in [5, 5.41) is 12.1. The molecule has 20 heavy (non-hydrogen) atoms. The van der Waals surface area contributed by atoms with Crippen LogP contribution < -0.4 is 9.88 Å². The lowest BCUT2D eigenvalue weighted by Gasteiger charge is -2.10. The van der Waals surface area contributed by atoms with Crippen molar-refractivity contribution in [2.75, 3.05) is 5.32 Å². The predicted molar refractivity (Wildman–Crippen MR) is 73.1 cm³/mol. The van der Waals surface area contributed by atoms with Gasteiger partial charge in [-0.15, -0.1) is 0 Å². The first kappa shape index (κ1) is 14.3. The first-order valence-corrected chi connectivity index (χ1v) is 6.31. The monoisotopic (exact) mass is 295 g/mol.